The number of hydrogen-bond acceptors (Lipinski definition) is 1. The Bertz CT molecular complexity index is 289. The van der Waals surface area contributed by atoms with Crippen molar-refractivity contribution in [3.05, 3.63) is 11.6 Å². The number of hydrogen-bond donors (Lipinski definition) is 1. The first-order valence-corrected chi connectivity index (χ1v) is 7.30. The van der Waals surface area contributed by atoms with E-state index in [1.165, 1.54) is 13.0 Å². The van der Waals surface area contributed by atoms with Gasteiger partial charge >= 0.3 is 0 Å². The fourth-order valence-electron chi connectivity index (χ4n) is 5.47. The van der Waals surface area contributed by atoms with E-state index >= 15 is 0 Å². The van der Waals surface area contributed by atoms with Crippen molar-refractivity contribution < 1.29 is 0 Å². The summed E-state index contributed by atoms with van der Waals surface area (Å²) in [5.41, 5.74) is 1.84. The molecular weight excluding hydrogens is 194 g/mol. The lowest BCUT2D eigenvalue weighted by Gasteiger charge is -2.55. The molecule has 4 saturated carbocycles. The molecule has 4 aliphatic carbocycles. The van der Waals surface area contributed by atoms with E-state index in [-0.39, 0.29) is 0 Å². The Morgan fingerprint density at radius 2 is 1.62 bits per heavy atom. The monoisotopic (exact) mass is 217 g/mol. The van der Waals surface area contributed by atoms with Crippen LogP contribution in [0.25, 0.3) is 0 Å². The van der Waals surface area contributed by atoms with Crippen molar-refractivity contribution in [2.24, 2.45) is 29.6 Å². The second-order valence-corrected chi connectivity index (χ2v) is 6.69. The molecule has 0 aromatic rings. The summed E-state index contributed by atoms with van der Waals surface area (Å²) in [5, 5.41) is 3.46. The summed E-state index contributed by atoms with van der Waals surface area (Å²) < 4.78 is 0. The molecule has 0 saturated heterocycles. The predicted octanol–water partition coefficient (Wildman–Crippen LogP) is 2.98. The van der Waals surface area contributed by atoms with Gasteiger partial charge in [0.05, 0.1) is 0 Å². The normalized spacial score (nSPS) is 50.5. The molecule has 0 aromatic heterocycles. The molecule has 4 bridgehead atoms. The van der Waals surface area contributed by atoms with Crippen molar-refractivity contribution in [2.45, 2.75) is 38.5 Å². The standard InChI is InChI=1S/C15H23N/c1-3-16-4-2-12(1)15-13-6-10-5-11(8-13)9-14(15)7-10/h1,10-11,13-16H,2-9H2. The molecule has 0 spiro atoms. The van der Waals surface area contributed by atoms with Gasteiger partial charge < -0.3 is 5.32 Å². The summed E-state index contributed by atoms with van der Waals surface area (Å²) >= 11 is 0. The Kier molecular flexibility index (Phi) is 2.18. The van der Waals surface area contributed by atoms with Crippen molar-refractivity contribution >= 4 is 0 Å². The molecule has 16 heavy (non-hydrogen) atoms. The Hall–Kier alpha value is -0.300. The van der Waals surface area contributed by atoms with Crippen LogP contribution < -0.4 is 5.32 Å². The van der Waals surface area contributed by atoms with Gasteiger partial charge in [0.2, 0.25) is 0 Å². The van der Waals surface area contributed by atoms with Crippen molar-refractivity contribution in [3.8, 4) is 0 Å². The quantitative estimate of drug-likeness (QED) is 0.666. The average molecular weight is 217 g/mol. The van der Waals surface area contributed by atoms with Gasteiger partial charge in [-0.15, -0.1) is 0 Å². The van der Waals surface area contributed by atoms with E-state index in [0.717, 1.165) is 36.1 Å². The third-order valence-corrected chi connectivity index (χ3v) is 5.75. The van der Waals surface area contributed by atoms with Crippen LogP contribution in [0.1, 0.15) is 38.5 Å². The fraction of sp³-hybridized carbons (Fsp3) is 0.867. The molecule has 1 heteroatoms. The Morgan fingerprint density at radius 1 is 0.938 bits per heavy atom. The van der Waals surface area contributed by atoms with Crippen molar-refractivity contribution in [1.29, 1.82) is 0 Å². The van der Waals surface area contributed by atoms with Gasteiger partial charge in [-0.2, -0.15) is 0 Å². The van der Waals surface area contributed by atoms with Crippen LogP contribution in [0, 0.1) is 29.6 Å². The van der Waals surface area contributed by atoms with E-state index in [4.69, 9.17) is 0 Å². The third-order valence-electron chi connectivity index (χ3n) is 5.75. The number of rotatable bonds is 1. The molecule has 5 aliphatic rings. The summed E-state index contributed by atoms with van der Waals surface area (Å²) in [5.74, 6) is 5.43. The first-order chi connectivity index (χ1) is 7.90. The minimum atomic E-state index is 1.01. The van der Waals surface area contributed by atoms with E-state index in [1.807, 2.05) is 5.57 Å². The molecule has 0 atom stereocenters. The maximum Gasteiger partial charge on any atom is 0.0137 e. The Morgan fingerprint density at radius 3 is 2.19 bits per heavy atom. The summed E-state index contributed by atoms with van der Waals surface area (Å²) in [7, 11) is 0. The van der Waals surface area contributed by atoms with Crippen molar-refractivity contribution in [2.75, 3.05) is 13.1 Å². The highest BCUT2D eigenvalue weighted by atomic mass is 14.9. The van der Waals surface area contributed by atoms with Gasteiger partial charge in [-0.3, -0.25) is 0 Å². The van der Waals surface area contributed by atoms with Crippen LogP contribution >= 0.6 is 0 Å². The summed E-state index contributed by atoms with van der Waals surface area (Å²) in [6.45, 7) is 2.37. The van der Waals surface area contributed by atoms with Gasteiger partial charge in [0.1, 0.15) is 0 Å². The Labute approximate surface area is 98.7 Å². The van der Waals surface area contributed by atoms with Crippen LogP contribution in [0.3, 0.4) is 0 Å². The van der Waals surface area contributed by atoms with Gasteiger partial charge in [0.15, 0.2) is 0 Å². The molecule has 1 N–H and O–H groups in total. The molecule has 0 aromatic carbocycles. The molecule has 1 heterocycles. The zero-order chi connectivity index (χ0) is 10.5. The maximum atomic E-state index is 3.46. The molecular formula is C15H23N. The summed E-state index contributed by atoms with van der Waals surface area (Å²) in [6.07, 6.45) is 11.7. The van der Waals surface area contributed by atoms with E-state index in [1.54, 1.807) is 32.1 Å². The van der Waals surface area contributed by atoms with Crippen LogP contribution in [0.2, 0.25) is 0 Å². The molecule has 88 valence electrons. The lowest BCUT2D eigenvalue weighted by atomic mass is 9.50. The summed E-state index contributed by atoms with van der Waals surface area (Å²) in [4.78, 5) is 0. The largest absolute Gasteiger partial charge is 0.313 e. The van der Waals surface area contributed by atoms with E-state index in [2.05, 4.69) is 11.4 Å². The SMILES string of the molecule is C1=C(C2C3CC4CC(C3)CC2C4)CCNC1. The third kappa shape index (κ3) is 1.40. The minimum Gasteiger partial charge on any atom is -0.313 e. The molecule has 0 radical (unpaired) electrons. The lowest BCUT2D eigenvalue weighted by molar-refractivity contribution is -0.0223. The zero-order valence-electron chi connectivity index (χ0n) is 10.1. The molecule has 0 unspecified atom stereocenters. The van der Waals surface area contributed by atoms with Gasteiger partial charge in [-0.1, -0.05) is 11.6 Å². The summed E-state index contributed by atoms with van der Waals surface area (Å²) in [6, 6.07) is 0. The van der Waals surface area contributed by atoms with E-state index in [9.17, 15) is 0 Å². The average Bonchev–Trinajstić information content (AvgIpc) is 2.29. The van der Waals surface area contributed by atoms with Crippen LogP contribution in [0.4, 0.5) is 0 Å². The first-order valence-electron chi connectivity index (χ1n) is 7.30. The maximum absolute atomic E-state index is 3.46. The van der Waals surface area contributed by atoms with E-state index in [0.29, 0.717) is 0 Å². The predicted molar refractivity (Wildman–Crippen MR) is 66.1 cm³/mol. The minimum absolute atomic E-state index is 1.01. The molecule has 4 fully saturated rings. The van der Waals surface area contributed by atoms with Crippen LogP contribution in [0.5, 0.6) is 0 Å². The van der Waals surface area contributed by atoms with E-state index < -0.39 is 0 Å². The Balaban J connectivity index is 1.62. The molecule has 1 nitrogen and oxygen atoms in total. The first kappa shape index (κ1) is 9.70. The lowest BCUT2D eigenvalue weighted by Crippen LogP contribution is -2.46. The second kappa shape index (κ2) is 3.60. The molecule has 1 aliphatic heterocycles. The van der Waals surface area contributed by atoms with Crippen LogP contribution in [-0.2, 0) is 0 Å². The zero-order valence-corrected chi connectivity index (χ0v) is 10.1. The highest BCUT2D eigenvalue weighted by Gasteiger charge is 2.48. The highest BCUT2D eigenvalue weighted by Crippen LogP contribution is 2.58. The van der Waals surface area contributed by atoms with Gasteiger partial charge in [-0.05, 0) is 74.7 Å². The van der Waals surface area contributed by atoms with Crippen LogP contribution in [0.15, 0.2) is 11.6 Å². The van der Waals surface area contributed by atoms with Gasteiger partial charge in [-0.25, -0.2) is 0 Å². The van der Waals surface area contributed by atoms with Crippen molar-refractivity contribution in [3.63, 3.8) is 0 Å². The number of nitrogens with one attached hydrogen (secondary N) is 1. The fourth-order valence-corrected chi connectivity index (χ4v) is 5.47. The second-order valence-electron chi connectivity index (χ2n) is 6.69. The molecule has 0 amide bonds. The molecule has 5 rings (SSSR count). The van der Waals surface area contributed by atoms with Crippen molar-refractivity contribution in [1.82, 2.24) is 5.32 Å². The topological polar surface area (TPSA) is 12.0 Å². The van der Waals surface area contributed by atoms with Gasteiger partial charge in [0.25, 0.3) is 0 Å². The van der Waals surface area contributed by atoms with Crippen LogP contribution in [-0.4, -0.2) is 13.1 Å². The van der Waals surface area contributed by atoms with Gasteiger partial charge in [0, 0.05) is 6.54 Å². The smallest absolute Gasteiger partial charge is 0.0137 e. The highest BCUT2D eigenvalue weighted by molar-refractivity contribution is 5.17.